The van der Waals surface area contributed by atoms with Crippen LogP contribution in [0.1, 0.15) is 12.6 Å². The largest absolute Gasteiger partial charge is 0.494 e. The minimum Gasteiger partial charge on any atom is -0.494 e. The monoisotopic (exact) mass is 227 g/mol. The van der Waals surface area contributed by atoms with Crippen molar-refractivity contribution in [2.75, 3.05) is 7.11 Å². The number of nitrogens with zero attached hydrogens (tertiary/aromatic N) is 1. The summed E-state index contributed by atoms with van der Waals surface area (Å²) >= 11 is 3.30. The van der Waals surface area contributed by atoms with Crippen LogP contribution in [-0.2, 0) is 0 Å². The maximum Gasteiger partial charge on any atom is 0.151 e. The second-order valence-electron chi connectivity index (χ2n) is 2.47. The maximum absolute atomic E-state index is 5.04. The predicted molar refractivity (Wildman–Crippen MR) is 53.2 cm³/mol. The Hall–Kier alpha value is -0.830. The van der Waals surface area contributed by atoms with Crippen LogP contribution in [-0.4, -0.2) is 12.1 Å². The molecule has 12 heavy (non-hydrogen) atoms. The van der Waals surface area contributed by atoms with Crippen LogP contribution in [0.3, 0.4) is 0 Å². The fraction of sp³-hybridized carbons (Fsp3) is 0.222. The first-order valence-electron chi connectivity index (χ1n) is 3.51. The number of allylic oxidation sites excluding steroid dienone is 1. The van der Waals surface area contributed by atoms with E-state index in [-0.39, 0.29) is 0 Å². The molecule has 0 aliphatic heterocycles. The van der Waals surface area contributed by atoms with Gasteiger partial charge in [-0.1, -0.05) is 6.58 Å². The predicted octanol–water partition coefficient (Wildman–Crippen LogP) is 2.89. The Bertz CT molecular complexity index is 309. The fourth-order valence-corrected chi connectivity index (χ4v) is 1.30. The van der Waals surface area contributed by atoms with Gasteiger partial charge in [0.15, 0.2) is 5.75 Å². The van der Waals surface area contributed by atoms with E-state index in [1.807, 2.05) is 19.1 Å². The summed E-state index contributed by atoms with van der Waals surface area (Å²) in [6.07, 6.45) is 0. The summed E-state index contributed by atoms with van der Waals surface area (Å²) in [4.78, 5) is 4.24. The van der Waals surface area contributed by atoms with Gasteiger partial charge in [-0.3, -0.25) is 0 Å². The molecule has 0 N–H and O–H groups in total. The number of halogens is 1. The van der Waals surface area contributed by atoms with Crippen molar-refractivity contribution in [3.05, 3.63) is 29.0 Å². The van der Waals surface area contributed by atoms with Crippen LogP contribution in [0.4, 0.5) is 0 Å². The summed E-state index contributed by atoms with van der Waals surface area (Å²) in [6.45, 7) is 5.72. The Morgan fingerprint density at radius 3 is 2.67 bits per heavy atom. The van der Waals surface area contributed by atoms with Crippen LogP contribution in [0.2, 0.25) is 0 Å². The van der Waals surface area contributed by atoms with Gasteiger partial charge in [-0.25, -0.2) is 4.98 Å². The van der Waals surface area contributed by atoms with Crippen molar-refractivity contribution in [1.29, 1.82) is 0 Å². The number of ether oxygens (including phenoxy) is 1. The lowest BCUT2D eigenvalue weighted by atomic mass is 10.2. The smallest absolute Gasteiger partial charge is 0.151 e. The van der Waals surface area contributed by atoms with Gasteiger partial charge in [0.2, 0.25) is 0 Å². The molecule has 3 heteroatoms. The lowest BCUT2D eigenvalue weighted by Gasteiger charge is -2.04. The van der Waals surface area contributed by atoms with E-state index >= 15 is 0 Å². The van der Waals surface area contributed by atoms with Crippen LogP contribution in [0.25, 0.3) is 5.57 Å². The second-order valence-corrected chi connectivity index (χ2v) is 3.22. The Balaban J connectivity index is 3.10. The summed E-state index contributed by atoms with van der Waals surface area (Å²) < 4.78 is 5.75. The standard InChI is InChI=1S/C9H10BrNO/c1-6(2)7-4-5-8(12-3)9(10)11-7/h4-5H,1H2,2-3H3. The molecule has 1 heterocycles. The van der Waals surface area contributed by atoms with Crippen LogP contribution < -0.4 is 4.74 Å². The molecule has 2 nitrogen and oxygen atoms in total. The highest BCUT2D eigenvalue weighted by Gasteiger charge is 2.02. The third kappa shape index (κ3) is 1.85. The summed E-state index contributed by atoms with van der Waals surface area (Å²) in [7, 11) is 1.61. The molecule has 0 amide bonds. The normalized spacial score (nSPS) is 9.58. The molecule has 0 aliphatic carbocycles. The van der Waals surface area contributed by atoms with Gasteiger partial charge in [-0.2, -0.15) is 0 Å². The van der Waals surface area contributed by atoms with Crippen LogP contribution in [0.15, 0.2) is 23.3 Å². The fourth-order valence-electron chi connectivity index (χ4n) is 0.811. The van der Waals surface area contributed by atoms with Crippen molar-refractivity contribution < 1.29 is 4.74 Å². The molecule has 0 saturated carbocycles. The van der Waals surface area contributed by atoms with E-state index in [1.54, 1.807) is 7.11 Å². The first-order valence-corrected chi connectivity index (χ1v) is 4.31. The van der Waals surface area contributed by atoms with E-state index in [1.165, 1.54) is 0 Å². The molecule has 1 rings (SSSR count). The SMILES string of the molecule is C=C(C)c1ccc(OC)c(Br)n1. The van der Waals surface area contributed by atoms with E-state index in [0.717, 1.165) is 17.0 Å². The van der Waals surface area contributed by atoms with E-state index in [2.05, 4.69) is 27.5 Å². The highest BCUT2D eigenvalue weighted by Crippen LogP contribution is 2.23. The van der Waals surface area contributed by atoms with E-state index in [0.29, 0.717) is 4.60 Å². The minimum atomic E-state index is 0.713. The Morgan fingerprint density at radius 2 is 2.25 bits per heavy atom. The molecule has 0 fully saturated rings. The number of aromatic nitrogens is 1. The number of hydrogen-bond acceptors (Lipinski definition) is 2. The third-order valence-electron chi connectivity index (χ3n) is 1.47. The number of pyridine rings is 1. The molecule has 64 valence electrons. The molecule has 0 spiro atoms. The summed E-state index contributed by atoms with van der Waals surface area (Å²) in [6, 6.07) is 3.74. The maximum atomic E-state index is 5.04. The Labute approximate surface area is 80.4 Å². The molecular formula is C9H10BrNO. The van der Waals surface area contributed by atoms with Crippen molar-refractivity contribution in [2.45, 2.75) is 6.92 Å². The van der Waals surface area contributed by atoms with Crippen molar-refractivity contribution in [3.8, 4) is 5.75 Å². The number of methoxy groups -OCH3 is 1. The molecular weight excluding hydrogens is 218 g/mol. The topological polar surface area (TPSA) is 22.1 Å². The van der Waals surface area contributed by atoms with Crippen LogP contribution in [0.5, 0.6) is 5.75 Å². The summed E-state index contributed by atoms with van der Waals surface area (Å²) in [5.74, 6) is 0.736. The lowest BCUT2D eigenvalue weighted by Crippen LogP contribution is -1.90. The highest BCUT2D eigenvalue weighted by molar-refractivity contribution is 9.10. The van der Waals surface area contributed by atoms with Gasteiger partial charge in [-0.15, -0.1) is 0 Å². The van der Waals surface area contributed by atoms with Crippen molar-refractivity contribution in [2.24, 2.45) is 0 Å². The molecule has 0 aliphatic rings. The zero-order valence-corrected chi connectivity index (χ0v) is 8.68. The van der Waals surface area contributed by atoms with Crippen molar-refractivity contribution >= 4 is 21.5 Å². The lowest BCUT2D eigenvalue weighted by molar-refractivity contribution is 0.409. The van der Waals surface area contributed by atoms with Crippen LogP contribution >= 0.6 is 15.9 Å². The molecule has 0 aromatic carbocycles. The molecule has 0 saturated heterocycles. The van der Waals surface area contributed by atoms with Gasteiger partial charge in [0.1, 0.15) is 4.60 Å². The molecule has 0 atom stereocenters. The zero-order chi connectivity index (χ0) is 9.14. The molecule has 1 aromatic heterocycles. The molecule has 0 radical (unpaired) electrons. The third-order valence-corrected chi connectivity index (χ3v) is 2.04. The number of hydrogen-bond donors (Lipinski definition) is 0. The van der Waals surface area contributed by atoms with Crippen LogP contribution in [0, 0.1) is 0 Å². The number of rotatable bonds is 2. The Kier molecular flexibility index (Phi) is 2.87. The molecule has 0 bridgehead atoms. The molecule has 0 unspecified atom stereocenters. The summed E-state index contributed by atoms with van der Waals surface area (Å²) in [5.41, 5.74) is 1.82. The zero-order valence-electron chi connectivity index (χ0n) is 7.10. The van der Waals surface area contributed by atoms with E-state index in [4.69, 9.17) is 4.74 Å². The molecule has 1 aromatic rings. The van der Waals surface area contributed by atoms with Crippen molar-refractivity contribution in [1.82, 2.24) is 4.98 Å². The van der Waals surface area contributed by atoms with E-state index < -0.39 is 0 Å². The average Bonchev–Trinajstić information content (AvgIpc) is 2.04. The van der Waals surface area contributed by atoms with Gasteiger partial charge in [0.25, 0.3) is 0 Å². The Morgan fingerprint density at radius 1 is 1.58 bits per heavy atom. The van der Waals surface area contributed by atoms with Gasteiger partial charge in [0.05, 0.1) is 12.8 Å². The van der Waals surface area contributed by atoms with E-state index in [9.17, 15) is 0 Å². The van der Waals surface area contributed by atoms with Gasteiger partial charge in [0, 0.05) is 0 Å². The van der Waals surface area contributed by atoms with Gasteiger partial charge in [-0.05, 0) is 40.6 Å². The van der Waals surface area contributed by atoms with Gasteiger partial charge < -0.3 is 4.74 Å². The van der Waals surface area contributed by atoms with Gasteiger partial charge >= 0.3 is 0 Å². The minimum absolute atomic E-state index is 0.713. The van der Waals surface area contributed by atoms with Crippen molar-refractivity contribution in [3.63, 3.8) is 0 Å². The first-order chi connectivity index (χ1) is 5.65. The average molecular weight is 228 g/mol. The highest BCUT2D eigenvalue weighted by atomic mass is 79.9. The first kappa shape index (κ1) is 9.26. The summed E-state index contributed by atoms with van der Waals surface area (Å²) in [5, 5.41) is 0. The second kappa shape index (κ2) is 3.72. The quantitative estimate of drug-likeness (QED) is 0.726.